The van der Waals surface area contributed by atoms with Crippen LogP contribution in [-0.4, -0.2) is 36.5 Å². The van der Waals surface area contributed by atoms with Crippen LogP contribution in [0.15, 0.2) is 46.9 Å². The fourth-order valence-corrected chi connectivity index (χ4v) is 2.32. The summed E-state index contributed by atoms with van der Waals surface area (Å²) in [6, 6.07) is 10.6. The summed E-state index contributed by atoms with van der Waals surface area (Å²) in [7, 11) is 1.50. The van der Waals surface area contributed by atoms with E-state index in [1.165, 1.54) is 25.2 Å². The highest BCUT2D eigenvalue weighted by molar-refractivity contribution is 9.10. The number of carbonyl (C=O) groups excluding carboxylic acids is 3. The van der Waals surface area contributed by atoms with Crippen molar-refractivity contribution in [1.29, 1.82) is 0 Å². The Balaban J connectivity index is 1.96. The van der Waals surface area contributed by atoms with Gasteiger partial charge in [-0.25, -0.2) is 4.79 Å². The van der Waals surface area contributed by atoms with Crippen molar-refractivity contribution >= 4 is 39.4 Å². The third-order valence-electron chi connectivity index (χ3n) is 3.15. The zero-order valence-corrected chi connectivity index (χ0v) is 14.8. The highest BCUT2D eigenvalue weighted by atomic mass is 79.9. The zero-order valence-electron chi connectivity index (χ0n) is 13.2. The molecule has 7 nitrogen and oxygen atoms in total. The Morgan fingerprint density at radius 2 is 1.92 bits per heavy atom. The summed E-state index contributed by atoms with van der Waals surface area (Å²) < 4.78 is 5.48. The Hall–Kier alpha value is -2.87. The lowest BCUT2D eigenvalue weighted by molar-refractivity contribution is -0.119. The lowest BCUT2D eigenvalue weighted by Crippen LogP contribution is -2.22. The van der Waals surface area contributed by atoms with Crippen molar-refractivity contribution in [3.05, 3.63) is 58.1 Å². The van der Waals surface area contributed by atoms with Crippen molar-refractivity contribution in [3.8, 4) is 5.75 Å². The summed E-state index contributed by atoms with van der Waals surface area (Å²) in [5, 5.41) is 14.7. The maximum absolute atomic E-state index is 11.9. The number of benzene rings is 2. The van der Waals surface area contributed by atoms with Crippen molar-refractivity contribution in [2.45, 2.75) is 0 Å². The fourth-order valence-electron chi connectivity index (χ4n) is 1.96. The number of aromatic hydroxyl groups is 1. The molecule has 0 aliphatic carbocycles. The second-order valence-electron chi connectivity index (χ2n) is 4.95. The monoisotopic (exact) mass is 406 g/mol. The van der Waals surface area contributed by atoms with Crippen LogP contribution in [0.2, 0.25) is 0 Å². The second kappa shape index (κ2) is 8.29. The molecule has 2 rings (SSSR count). The minimum atomic E-state index is -0.826. The van der Waals surface area contributed by atoms with Gasteiger partial charge in [0.15, 0.2) is 6.61 Å². The Morgan fingerprint density at radius 3 is 2.64 bits per heavy atom. The van der Waals surface area contributed by atoms with Crippen molar-refractivity contribution in [1.82, 2.24) is 5.32 Å². The molecule has 2 amide bonds. The Kier molecular flexibility index (Phi) is 6.13. The topological polar surface area (TPSA) is 105 Å². The van der Waals surface area contributed by atoms with E-state index in [0.29, 0.717) is 15.7 Å². The molecule has 0 saturated heterocycles. The van der Waals surface area contributed by atoms with E-state index in [-0.39, 0.29) is 17.2 Å². The summed E-state index contributed by atoms with van der Waals surface area (Å²) in [6.07, 6.45) is 0. The van der Waals surface area contributed by atoms with Crippen LogP contribution in [0.1, 0.15) is 20.7 Å². The van der Waals surface area contributed by atoms with Gasteiger partial charge < -0.3 is 20.5 Å². The van der Waals surface area contributed by atoms with E-state index in [0.717, 1.165) is 0 Å². The molecule has 3 N–H and O–H groups in total. The second-order valence-corrected chi connectivity index (χ2v) is 5.86. The summed E-state index contributed by atoms with van der Waals surface area (Å²) in [5.74, 6) is -1.93. The van der Waals surface area contributed by atoms with Crippen LogP contribution in [0, 0.1) is 0 Å². The van der Waals surface area contributed by atoms with E-state index in [9.17, 15) is 19.5 Å². The molecular formula is C17H15BrN2O5. The first-order valence-corrected chi connectivity index (χ1v) is 7.97. The van der Waals surface area contributed by atoms with Crippen LogP contribution in [0.3, 0.4) is 0 Å². The van der Waals surface area contributed by atoms with E-state index in [1.54, 1.807) is 24.3 Å². The Morgan fingerprint density at radius 1 is 1.16 bits per heavy atom. The summed E-state index contributed by atoms with van der Waals surface area (Å²) >= 11 is 3.18. The van der Waals surface area contributed by atoms with Gasteiger partial charge in [0.1, 0.15) is 11.3 Å². The van der Waals surface area contributed by atoms with Crippen molar-refractivity contribution in [3.63, 3.8) is 0 Å². The maximum atomic E-state index is 11.9. The number of hydrogen-bond donors (Lipinski definition) is 3. The first kappa shape index (κ1) is 18.5. The van der Waals surface area contributed by atoms with Crippen molar-refractivity contribution in [2.24, 2.45) is 0 Å². The third kappa shape index (κ3) is 5.05. The summed E-state index contributed by atoms with van der Waals surface area (Å²) in [4.78, 5) is 35.4. The molecule has 2 aromatic carbocycles. The number of phenolic OH excluding ortho intramolecular Hbond substituents is 1. The van der Waals surface area contributed by atoms with Crippen LogP contribution in [0.4, 0.5) is 5.69 Å². The third-order valence-corrected chi connectivity index (χ3v) is 3.64. The molecule has 8 heteroatoms. The summed E-state index contributed by atoms with van der Waals surface area (Å²) in [6.45, 7) is -0.533. The molecule has 2 aromatic rings. The predicted octanol–water partition coefficient (Wildman–Crippen LogP) is 2.31. The standard InChI is InChI=1S/C17H15BrN2O5/c1-19-16(23)10-3-2-4-12(7-10)20-15(22)9-25-17(24)13-8-11(18)5-6-14(13)21/h2-8,21H,9H2,1H3,(H,19,23)(H,20,22). The van der Waals surface area contributed by atoms with Crippen molar-refractivity contribution in [2.75, 3.05) is 19.0 Å². The van der Waals surface area contributed by atoms with Crippen LogP contribution in [0.5, 0.6) is 5.75 Å². The van der Waals surface area contributed by atoms with E-state index < -0.39 is 18.5 Å². The lowest BCUT2D eigenvalue weighted by atomic mass is 10.2. The van der Waals surface area contributed by atoms with Crippen molar-refractivity contribution < 1.29 is 24.2 Å². The van der Waals surface area contributed by atoms with Gasteiger partial charge in [-0.2, -0.15) is 0 Å². The molecular weight excluding hydrogens is 392 g/mol. The Bertz CT molecular complexity index is 822. The van der Waals surface area contributed by atoms with Gasteiger partial charge in [-0.05, 0) is 36.4 Å². The number of halogens is 1. The predicted molar refractivity (Wildman–Crippen MR) is 94.6 cm³/mol. The van der Waals surface area contributed by atoms with Crippen LogP contribution in [-0.2, 0) is 9.53 Å². The van der Waals surface area contributed by atoms with E-state index in [2.05, 4.69) is 26.6 Å². The number of hydrogen-bond acceptors (Lipinski definition) is 5. The average Bonchev–Trinajstić information content (AvgIpc) is 2.61. The quantitative estimate of drug-likeness (QED) is 0.660. The van der Waals surface area contributed by atoms with E-state index in [1.807, 2.05) is 0 Å². The first-order chi connectivity index (χ1) is 11.9. The molecule has 130 valence electrons. The molecule has 0 aliphatic rings. The Labute approximate surface area is 152 Å². The first-order valence-electron chi connectivity index (χ1n) is 7.18. The van der Waals surface area contributed by atoms with Gasteiger partial charge in [-0.15, -0.1) is 0 Å². The fraction of sp³-hybridized carbons (Fsp3) is 0.118. The number of nitrogens with one attached hydrogen (secondary N) is 2. The van der Waals surface area contributed by atoms with Gasteiger partial charge in [0.2, 0.25) is 0 Å². The molecule has 0 radical (unpaired) electrons. The average molecular weight is 407 g/mol. The van der Waals surface area contributed by atoms with Crippen LogP contribution < -0.4 is 10.6 Å². The van der Waals surface area contributed by atoms with E-state index >= 15 is 0 Å². The minimum Gasteiger partial charge on any atom is -0.507 e. The smallest absolute Gasteiger partial charge is 0.342 e. The molecule has 0 unspecified atom stereocenters. The van der Waals surface area contributed by atoms with Gasteiger partial charge in [0.25, 0.3) is 11.8 Å². The number of ether oxygens (including phenoxy) is 1. The summed E-state index contributed by atoms with van der Waals surface area (Å²) in [5.41, 5.74) is 0.729. The molecule has 0 aromatic heterocycles. The van der Waals surface area contributed by atoms with Crippen LogP contribution in [0.25, 0.3) is 0 Å². The van der Waals surface area contributed by atoms with E-state index in [4.69, 9.17) is 4.74 Å². The number of carbonyl (C=O) groups is 3. The number of esters is 1. The van der Waals surface area contributed by atoms with Gasteiger partial charge in [0.05, 0.1) is 0 Å². The number of rotatable bonds is 5. The number of amides is 2. The zero-order chi connectivity index (χ0) is 18.4. The maximum Gasteiger partial charge on any atom is 0.342 e. The number of phenols is 1. The molecule has 0 bridgehead atoms. The minimum absolute atomic E-state index is 0.0520. The SMILES string of the molecule is CNC(=O)c1cccc(NC(=O)COC(=O)c2cc(Br)ccc2O)c1. The molecule has 0 fully saturated rings. The highest BCUT2D eigenvalue weighted by Gasteiger charge is 2.15. The molecule has 0 heterocycles. The van der Waals surface area contributed by atoms with Gasteiger partial charge >= 0.3 is 5.97 Å². The molecule has 0 spiro atoms. The largest absolute Gasteiger partial charge is 0.507 e. The molecule has 0 saturated carbocycles. The molecule has 25 heavy (non-hydrogen) atoms. The van der Waals surface area contributed by atoms with Gasteiger partial charge in [-0.3, -0.25) is 9.59 Å². The van der Waals surface area contributed by atoms with Gasteiger partial charge in [0, 0.05) is 22.8 Å². The normalized spacial score (nSPS) is 10.0. The van der Waals surface area contributed by atoms with Crippen LogP contribution >= 0.6 is 15.9 Å². The van der Waals surface area contributed by atoms with Gasteiger partial charge in [-0.1, -0.05) is 22.0 Å². The lowest BCUT2D eigenvalue weighted by Gasteiger charge is -2.09. The highest BCUT2D eigenvalue weighted by Crippen LogP contribution is 2.22. The molecule has 0 atom stereocenters. The number of anilines is 1. The molecule has 0 aliphatic heterocycles.